The van der Waals surface area contributed by atoms with Crippen LogP contribution in [0.25, 0.3) is 16.9 Å². The van der Waals surface area contributed by atoms with Gasteiger partial charge in [0.05, 0.1) is 17.2 Å². The number of benzene rings is 1. The molecule has 0 saturated carbocycles. The van der Waals surface area contributed by atoms with Crippen LogP contribution in [-0.2, 0) is 0 Å². The molecule has 2 aromatic heterocycles. The molecule has 0 amide bonds. The summed E-state index contributed by atoms with van der Waals surface area (Å²) in [7, 11) is 1.50. The van der Waals surface area contributed by atoms with Crippen LogP contribution in [0.3, 0.4) is 0 Å². The maximum atomic E-state index is 12.6. The number of H-pyrrole nitrogens is 1. The number of thiol groups is 1. The summed E-state index contributed by atoms with van der Waals surface area (Å²) >= 11 is 4.19. The van der Waals surface area contributed by atoms with Gasteiger partial charge in [-0.05, 0) is 43.8 Å². The van der Waals surface area contributed by atoms with Crippen LogP contribution in [-0.4, -0.2) is 21.8 Å². The number of rotatable bonds is 2. The molecule has 0 aliphatic carbocycles. The van der Waals surface area contributed by atoms with Crippen LogP contribution >= 0.6 is 12.6 Å². The first-order valence-electron chi connectivity index (χ1n) is 7.15. The third-order valence-electron chi connectivity index (χ3n) is 3.34. The Balaban J connectivity index is 0.00000100. The number of nitrogens with one attached hydrogen (secondary N) is 1. The van der Waals surface area contributed by atoms with Gasteiger partial charge in [0.15, 0.2) is 5.82 Å². The molecule has 1 aromatic carbocycles. The second-order valence-electron chi connectivity index (χ2n) is 4.82. The summed E-state index contributed by atoms with van der Waals surface area (Å²) in [5.41, 5.74) is 6.96. The van der Waals surface area contributed by atoms with Crippen molar-refractivity contribution in [3.05, 3.63) is 64.2 Å². The van der Waals surface area contributed by atoms with Crippen LogP contribution in [0.4, 0.5) is 0 Å². The fraction of sp³-hybridized carbons (Fsp3) is 0.118. The predicted molar refractivity (Wildman–Crippen MR) is 96.4 cm³/mol. The van der Waals surface area contributed by atoms with Gasteiger partial charge in [0.25, 0.3) is 5.56 Å². The summed E-state index contributed by atoms with van der Waals surface area (Å²) in [5.74, 6) is 0.505. The Bertz CT molecular complexity index is 918. The lowest BCUT2D eigenvalue weighted by atomic mass is 10.1. The average molecular weight is 339 g/mol. The highest BCUT2D eigenvalue weighted by Crippen LogP contribution is 2.20. The minimum Gasteiger partial charge on any atom is -0.333 e. The lowest BCUT2D eigenvalue weighted by Crippen LogP contribution is -2.16. The number of aryl methyl sites for hydroxylation is 1. The first kappa shape index (κ1) is 17.5. The van der Waals surface area contributed by atoms with Crippen molar-refractivity contribution in [2.75, 3.05) is 7.05 Å². The zero-order chi connectivity index (χ0) is 17.7. The minimum absolute atomic E-state index is 0.179. The number of nitrogens with two attached hydrogens (primary N) is 1. The van der Waals surface area contributed by atoms with Crippen molar-refractivity contribution < 1.29 is 0 Å². The molecule has 0 saturated heterocycles. The number of aromatic nitrogens is 3. The fourth-order valence-corrected chi connectivity index (χ4v) is 2.40. The number of hydrogen-bond donors (Lipinski definition) is 3. The van der Waals surface area contributed by atoms with Gasteiger partial charge in [-0.15, -0.1) is 12.6 Å². The molecule has 24 heavy (non-hydrogen) atoms. The van der Waals surface area contributed by atoms with Gasteiger partial charge in [0.2, 0.25) is 0 Å². The zero-order valence-corrected chi connectivity index (χ0v) is 14.2. The highest BCUT2D eigenvalue weighted by atomic mass is 32.1. The topological polar surface area (TPSA) is 100 Å². The average Bonchev–Trinajstić information content (AvgIpc) is 2.92. The quantitative estimate of drug-likeness (QED) is 0.624. The van der Waals surface area contributed by atoms with Gasteiger partial charge in [0, 0.05) is 16.8 Å². The molecule has 0 bridgehead atoms. The Labute approximate surface area is 145 Å². The summed E-state index contributed by atoms with van der Waals surface area (Å²) in [4.78, 5) is 17.6. The van der Waals surface area contributed by atoms with Gasteiger partial charge >= 0.3 is 0 Å². The number of hydrogen-bond acceptors (Lipinski definition) is 5. The lowest BCUT2D eigenvalue weighted by Gasteiger charge is -2.00. The molecule has 3 aromatic rings. The molecule has 3 rings (SSSR count). The highest BCUT2D eigenvalue weighted by molar-refractivity contribution is 7.80. The summed E-state index contributed by atoms with van der Waals surface area (Å²) in [6.07, 6.45) is 1.59. The van der Waals surface area contributed by atoms with E-state index in [1.165, 1.54) is 11.7 Å². The fourth-order valence-electron chi connectivity index (χ4n) is 2.27. The number of nitrogens with zero attached hydrogens (tertiary/aromatic N) is 3. The molecular weight excluding hydrogens is 322 g/mol. The van der Waals surface area contributed by atoms with Crippen LogP contribution < -0.4 is 11.3 Å². The van der Waals surface area contributed by atoms with Crippen molar-refractivity contribution in [1.82, 2.24) is 14.8 Å². The molecule has 7 heteroatoms. The normalized spacial score (nSPS) is 9.79. The van der Waals surface area contributed by atoms with Gasteiger partial charge in [0.1, 0.15) is 0 Å². The van der Waals surface area contributed by atoms with Crippen LogP contribution in [0.15, 0.2) is 52.3 Å². The van der Waals surface area contributed by atoms with E-state index in [2.05, 4.69) is 34.5 Å². The van der Waals surface area contributed by atoms with Crippen molar-refractivity contribution >= 4 is 12.6 Å². The second kappa shape index (κ2) is 7.64. The summed E-state index contributed by atoms with van der Waals surface area (Å²) in [6.45, 7) is 1.83. The Kier molecular flexibility index (Phi) is 5.58. The lowest BCUT2D eigenvalue weighted by molar-refractivity contribution is 0.804. The van der Waals surface area contributed by atoms with Crippen molar-refractivity contribution in [1.29, 1.82) is 5.26 Å². The predicted octanol–water partition coefficient (Wildman–Crippen LogP) is 2.27. The number of pyridine rings is 1. The summed E-state index contributed by atoms with van der Waals surface area (Å²) in [5, 5.41) is 11.9. The van der Waals surface area contributed by atoms with Crippen molar-refractivity contribution in [2.45, 2.75) is 11.8 Å². The van der Waals surface area contributed by atoms with E-state index in [0.717, 1.165) is 16.2 Å². The minimum atomic E-state index is -0.179. The monoisotopic (exact) mass is 339 g/mol. The molecule has 0 fully saturated rings. The summed E-state index contributed by atoms with van der Waals surface area (Å²) < 4.78 is 1.40. The zero-order valence-electron chi connectivity index (χ0n) is 13.3. The third kappa shape index (κ3) is 3.40. The van der Waals surface area contributed by atoms with Crippen LogP contribution in [0.1, 0.15) is 11.3 Å². The SMILES string of the molecule is CN.Cc1[nH]n(-c2ccc(S)cn2)c(=O)c1-c1ccc(C#N)cc1. The molecule has 0 atom stereocenters. The van der Waals surface area contributed by atoms with E-state index in [1.54, 1.807) is 42.6 Å². The van der Waals surface area contributed by atoms with E-state index in [0.29, 0.717) is 16.9 Å². The Morgan fingerprint density at radius 1 is 1.21 bits per heavy atom. The second-order valence-corrected chi connectivity index (χ2v) is 5.33. The van der Waals surface area contributed by atoms with Crippen LogP contribution in [0.2, 0.25) is 0 Å². The van der Waals surface area contributed by atoms with Gasteiger partial charge in [-0.25, -0.2) is 9.67 Å². The molecule has 0 unspecified atom stereocenters. The molecule has 0 spiro atoms. The van der Waals surface area contributed by atoms with E-state index < -0.39 is 0 Å². The van der Waals surface area contributed by atoms with E-state index >= 15 is 0 Å². The van der Waals surface area contributed by atoms with E-state index in [4.69, 9.17) is 5.26 Å². The number of nitriles is 1. The maximum Gasteiger partial charge on any atom is 0.280 e. The molecular formula is C17H17N5OS. The van der Waals surface area contributed by atoms with Crippen LogP contribution in [0, 0.1) is 18.3 Å². The number of aromatic amines is 1. The van der Waals surface area contributed by atoms with Gasteiger partial charge < -0.3 is 5.73 Å². The molecule has 0 aliphatic rings. The van der Waals surface area contributed by atoms with Gasteiger partial charge in [-0.2, -0.15) is 5.26 Å². The third-order valence-corrected chi connectivity index (χ3v) is 3.60. The van der Waals surface area contributed by atoms with Gasteiger partial charge in [-0.3, -0.25) is 9.89 Å². The highest BCUT2D eigenvalue weighted by Gasteiger charge is 2.14. The Morgan fingerprint density at radius 2 is 1.88 bits per heavy atom. The van der Waals surface area contributed by atoms with E-state index in [1.807, 2.05) is 6.92 Å². The molecule has 0 radical (unpaired) electrons. The molecule has 2 heterocycles. The van der Waals surface area contributed by atoms with E-state index in [-0.39, 0.29) is 5.56 Å². The first-order chi connectivity index (χ1) is 11.6. The Morgan fingerprint density at radius 3 is 2.42 bits per heavy atom. The largest absolute Gasteiger partial charge is 0.333 e. The van der Waals surface area contributed by atoms with Crippen LogP contribution in [0.5, 0.6) is 0 Å². The maximum absolute atomic E-state index is 12.6. The summed E-state index contributed by atoms with van der Waals surface area (Å²) in [6, 6.07) is 12.5. The van der Waals surface area contributed by atoms with Crippen molar-refractivity contribution in [3.63, 3.8) is 0 Å². The standard InChI is InChI=1S/C16H12N4OS.CH5N/c1-10-15(12-4-2-11(8-17)3-5-12)16(21)20(19-10)14-7-6-13(22)9-18-14;1-2/h2-7,9,19,22H,1H3;2H2,1H3. The van der Waals surface area contributed by atoms with E-state index in [9.17, 15) is 4.79 Å². The van der Waals surface area contributed by atoms with Crippen molar-refractivity contribution in [3.8, 4) is 23.0 Å². The Hall–Kier alpha value is -2.82. The van der Waals surface area contributed by atoms with Gasteiger partial charge in [-0.1, -0.05) is 12.1 Å². The first-order valence-corrected chi connectivity index (χ1v) is 7.60. The smallest absolute Gasteiger partial charge is 0.280 e. The molecule has 122 valence electrons. The molecule has 3 N–H and O–H groups in total. The van der Waals surface area contributed by atoms with Crippen molar-refractivity contribution in [2.24, 2.45) is 5.73 Å². The molecule has 6 nitrogen and oxygen atoms in total. The molecule has 0 aliphatic heterocycles.